The van der Waals surface area contributed by atoms with Gasteiger partial charge in [-0.15, -0.1) is 0 Å². The van der Waals surface area contributed by atoms with Crippen LogP contribution in [0, 0.1) is 0 Å². The molecule has 56 valence electrons. The maximum atomic E-state index is 2.47. The van der Waals surface area contributed by atoms with Gasteiger partial charge in [0.15, 0.2) is 0 Å². The van der Waals surface area contributed by atoms with E-state index < -0.39 is 0 Å². The predicted molar refractivity (Wildman–Crippen MR) is 36.6 cm³/mol. The molecule has 0 saturated carbocycles. The van der Waals surface area contributed by atoms with Crippen molar-refractivity contribution < 1.29 is 0 Å². The zero-order valence-electron chi connectivity index (χ0n) is 6.03. The van der Waals surface area contributed by atoms with Crippen LogP contribution in [0.4, 0.5) is 0 Å². The Labute approximate surface area is 60.6 Å². The summed E-state index contributed by atoms with van der Waals surface area (Å²) < 4.78 is 0. The van der Waals surface area contributed by atoms with E-state index in [2.05, 4.69) is 19.6 Å². The van der Waals surface area contributed by atoms with Crippen molar-refractivity contribution in [2.45, 2.75) is 0 Å². The van der Waals surface area contributed by atoms with Crippen molar-refractivity contribution >= 4 is 0 Å². The van der Waals surface area contributed by atoms with Crippen molar-refractivity contribution in [2.24, 2.45) is 0 Å². The van der Waals surface area contributed by atoms with E-state index in [4.69, 9.17) is 0 Å². The van der Waals surface area contributed by atoms with Crippen LogP contribution in [0.15, 0.2) is 0 Å². The molecule has 4 aliphatic rings. The summed E-state index contributed by atoms with van der Waals surface area (Å²) in [4.78, 5) is 9.88. The lowest BCUT2D eigenvalue weighted by Gasteiger charge is -2.56. The van der Waals surface area contributed by atoms with Crippen LogP contribution in [0.2, 0.25) is 0 Å². The first-order valence-electron chi connectivity index (χ1n) is 3.79. The van der Waals surface area contributed by atoms with Gasteiger partial charge in [0.25, 0.3) is 0 Å². The fourth-order valence-electron chi connectivity index (χ4n) is 2.23. The monoisotopic (exact) mass is 152 g/mol. The highest BCUT2D eigenvalue weighted by atomic mass is 16.5. The van der Waals surface area contributed by atoms with Gasteiger partial charge >= 0.3 is 0 Å². The Morgan fingerprint density at radius 1 is 0.400 bits per heavy atom. The molecular weight excluding hydrogens is 140 g/mol. The lowest BCUT2D eigenvalue weighted by atomic mass is 11.6. The zero-order valence-corrected chi connectivity index (χ0v) is 6.03. The SMILES string of the molecule is [14CH2]1N2[14CH2]N3[14CH2]N1[14CH2]N([14CH2]2)[14CH2]3. The van der Waals surface area contributed by atoms with Gasteiger partial charge < -0.3 is 0 Å². The number of rotatable bonds is 0. The Hall–Kier alpha value is -0.160. The lowest BCUT2D eigenvalue weighted by Crippen LogP contribution is -2.71. The summed E-state index contributed by atoms with van der Waals surface area (Å²) in [6.45, 7) is 7.12. The van der Waals surface area contributed by atoms with Crippen molar-refractivity contribution in [3.05, 3.63) is 0 Å². The fraction of sp³-hybridized carbons (Fsp3) is 1.00. The molecule has 10 heavy (non-hydrogen) atoms. The minimum Gasteiger partial charge on any atom is -0.264 e. The van der Waals surface area contributed by atoms with Gasteiger partial charge in [0, 0.05) is 0 Å². The third-order valence-electron chi connectivity index (χ3n) is 2.40. The summed E-state index contributed by atoms with van der Waals surface area (Å²) in [6, 6.07) is 0. The molecule has 0 aromatic carbocycles. The van der Waals surface area contributed by atoms with E-state index in [1.165, 1.54) is 40.0 Å². The van der Waals surface area contributed by atoms with E-state index in [9.17, 15) is 0 Å². The smallest absolute Gasteiger partial charge is 0.0555 e. The first-order valence-corrected chi connectivity index (χ1v) is 3.79. The minimum absolute atomic E-state index is 1.19. The molecule has 0 N–H and O–H groups in total. The quantitative estimate of drug-likeness (QED) is 0.440. The molecule has 4 aliphatic heterocycles. The lowest BCUT2D eigenvalue weighted by molar-refractivity contribution is -0.194. The zero-order chi connectivity index (χ0) is 6.55. The largest absolute Gasteiger partial charge is 0.264 e. The first-order chi connectivity index (χ1) is 4.90. The molecule has 4 heteroatoms. The van der Waals surface area contributed by atoms with Crippen LogP contribution < -0.4 is 0 Å². The topological polar surface area (TPSA) is 13.0 Å². The van der Waals surface area contributed by atoms with E-state index >= 15 is 0 Å². The number of nitrogens with zero attached hydrogens (tertiary/aromatic N) is 4. The van der Waals surface area contributed by atoms with E-state index in [-0.39, 0.29) is 0 Å². The Morgan fingerprint density at radius 2 is 0.600 bits per heavy atom. The van der Waals surface area contributed by atoms with Gasteiger partial charge in [-0.1, -0.05) is 0 Å². The summed E-state index contributed by atoms with van der Waals surface area (Å²) >= 11 is 0. The van der Waals surface area contributed by atoms with Crippen molar-refractivity contribution in [2.75, 3.05) is 40.0 Å². The van der Waals surface area contributed by atoms with Crippen molar-refractivity contribution in [1.82, 2.24) is 19.6 Å². The molecule has 0 aromatic heterocycles. The van der Waals surface area contributed by atoms with Gasteiger partial charge in [0.05, 0.1) is 40.0 Å². The normalized spacial score (nSPS) is 57.6. The molecule has 0 unspecified atom stereocenters. The van der Waals surface area contributed by atoms with Crippen LogP contribution in [0.5, 0.6) is 0 Å². The van der Waals surface area contributed by atoms with E-state index in [1.807, 2.05) is 0 Å². The highest BCUT2D eigenvalue weighted by Crippen LogP contribution is 2.20. The van der Waals surface area contributed by atoms with Crippen LogP contribution in [-0.2, 0) is 0 Å². The molecule has 4 saturated heterocycles. The molecule has 4 heterocycles. The Balaban J connectivity index is 1.90. The van der Waals surface area contributed by atoms with E-state index in [0.29, 0.717) is 0 Å². The molecule has 0 atom stereocenters. The van der Waals surface area contributed by atoms with Crippen LogP contribution in [0.25, 0.3) is 0 Å². The van der Waals surface area contributed by atoms with E-state index in [0.717, 1.165) is 0 Å². The van der Waals surface area contributed by atoms with Crippen LogP contribution in [0.3, 0.4) is 0 Å². The second kappa shape index (κ2) is 1.71. The highest BCUT2D eigenvalue weighted by Gasteiger charge is 2.36. The highest BCUT2D eigenvalue weighted by molar-refractivity contribution is 4.79. The predicted octanol–water partition coefficient (Wildman–Crippen LogP) is -1.02. The Bertz CT molecular complexity index is 101. The van der Waals surface area contributed by atoms with Crippen molar-refractivity contribution in [3.8, 4) is 0 Å². The maximum absolute atomic E-state index is 2.47. The van der Waals surface area contributed by atoms with Gasteiger partial charge in [0.1, 0.15) is 0 Å². The van der Waals surface area contributed by atoms with Gasteiger partial charge in [0.2, 0.25) is 0 Å². The number of hydrogen-bond donors (Lipinski definition) is 0. The van der Waals surface area contributed by atoms with Crippen molar-refractivity contribution in [1.29, 1.82) is 0 Å². The minimum atomic E-state index is 1.19. The summed E-state index contributed by atoms with van der Waals surface area (Å²) in [5.41, 5.74) is 0. The van der Waals surface area contributed by atoms with Gasteiger partial charge in [-0.3, -0.25) is 19.6 Å². The van der Waals surface area contributed by atoms with Gasteiger partial charge in [-0.05, 0) is 0 Å². The second-order valence-corrected chi connectivity index (χ2v) is 3.53. The fourth-order valence-corrected chi connectivity index (χ4v) is 2.23. The third kappa shape index (κ3) is 0.645. The number of hydrogen-bond acceptors (Lipinski definition) is 4. The van der Waals surface area contributed by atoms with Gasteiger partial charge in [-0.25, -0.2) is 0 Å². The molecule has 0 aromatic rings. The van der Waals surface area contributed by atoms with Crippen LogP contribution >= 0.6 is 0 Å². The average molecular weight is 152 g/mol. The van der Waals surface area contributed by atoms with Crippen LogP contribution in [0.1, 0.15) is 0 Å². The maximum Gasteiger partial charge on any atom is 0.0555 e. The molecular formula is C6H12N4. The molecule has 0 radical (unpaired) electrons. The second-order valence-electron chi connectivity index (χ2n) is 3.53. The van der Waals surface area contributed by atoms with E-state index in [1.54, 1.807) is 0 Å². The first kappa shape index (κ1) is 5.49. The summed E-state index contributed by atoms with van der Waals surface area (Å²) in [5.74, 6) is 0. The molecule has 4 fully saturated rings. The Kier molecular flexibility index (Phi) is 0.936. The summed E-state index contributed by atoms with van der Waals surface area (Å²) in [5, 5.41) is 0. The molecule has 4 nitrogen and oxygen atoms in total. The molecule has 4 rings (SSSR count). The average Bonchev–Trinajstić information content (AvgIpc) is 1.82. The summed E-state index contributed by atoms with van der Waals surface area (Å²) in [7, 11) is 0. The molecule has 4 bridgehead atoms. The van der Waals surface area contributed by atoms with Crippen molar-refractivity contribution in [3.63, 3.8) is 0 Å². The molecule has 0 spiro atoms. The molecule has 0 amide bonds. The van der Waals surface area contributed by atoms with Crippen LogP contribution in [-0.4, -0.2) is 59.6 Å². The summed E-state index contributed by atoms with van der Waals surface area (Å²) in [6.07, 6.45) is 0. The third-order valence-corrected chi connectivity index (χ3v) is 2.40. The van der Waals surface area contributed by atoms with Gasteiger partial charge in [-0.2, -0.15) is 0 Å². The Morgan fingerprint density at radius 3 is 0.800 bits per heavy atom. The standard InChI is InChI=1S/C6H12N4/c1-7-2-9-4-8(1)5-10(3-7)6-9/h1-6H2/i1+2,2+2,3+2,4+2,5+2,6+2. The molecule has 0 aliphatic carbocycles.